The third-order valence-electron chi connectivity index (χ3n) is 8.39. The molecule has 0 aliphatic heterocycles. The fourth-order valence-corrected chi connectivity index (χ4v) is 6.09. The van der Waals surface area contributed by atoms with E-state index in [9.17, 15) is 33.6 Å². The summed E-state index contributed by atoms with van der Waals surface area (Å²) in [7, 11) is 0. The molecule has 0 aliphatic carbocycles. The third-order valence-corrected chi connectivity index (χ3v) is 9.12. The summed E-state index contributed by atoms with van der Waals surface area (Å²) >= 11 is 8.18. The SMILES string of the molecule is CC(=O)N[C@@H](CS)C(=O)NCC(=O)N[C@@H](Cc1ccccc1)C(=O)N[C@@H](CCCN=C(N)N)C(=O)N[C@@H](Cc1c[nH]c2ccccc12)C(=O)N[C@@H](CS)C(N)=O. The minimum absolute atomic E-state index is 0.00366. The molecule has 5 atom stereocenters. The van der Waals surface area contributed by atoms with Crippen LogP contribution in [-0.2, 0) is 46.4 Å². The third kappa shape index (κ3) is 14.5. The van der Waals surface area contributed by atoms with Crippen molar-refractivity contribution in [2.75, 3.05) is 24.6 Å². The minimum atomic E-state index is -1.27. The van der Waals surface area contributed by atoms with E-state index in [1.54, 1.807) is 36.5 Å². The largest absolute Gasteiger partial charge is 0.370 e. The Morgan fingerprint density at radius 3 is 1.91 bits per heavy atom. The summed E-state index contributed by atoms with van der Waals surface area (Å²) in [4.78, 5) is 97.8. The normalized spacial score (nSPS) is 13.5. The summed E-state index contributed by atoms with van der Waals surface area (Å²) in [6.07, 6.45) is 1.92. The van der Waals surface area contributed by atoms with Gasteiger partial charge in [-0.3, -0.25) is 38.6 Å². The van der Waals surface area contributed by atoms with E-state index in [0.29, 0.717) is 11.1 Å². The summed E-state index contributed by atoms with van der Waals surface area (Å²) in [5, 5.41) is 16.2. The number of primary amides is 1. The quantitative estimate of drug-likeness (QED) is 0.0229. The molecule has 56 heavy (non-hydrogen) atoms. The number of benzene rings is 2. The number of para-hydroxylation sites is 1. The Morgan fingerprint density at radius 2 is 1.29 bits per heavy atom. The molecule has 0 fully saturated rings. The van der Waals surface area contributed by atoms with Crippen LogP contribution in [0.2, 0.25) is 0 Å². The van der Waals surface area contributed by atoms with Crippen LogP contribution in [0, 0.1) is 0 Å². The van der Waals surface area contributed by atoms with Crippen molar-refractivity contribution in [1.29, 1.82) is 0 Å². The first-order valence-electron chi connectivity index (χ1n) is 17.6. The Hall–Kier alpha value is -5.76. The van der Waals surface area contributed by atoms with Crippen LogP contribution in [0.15, 0.2) is 65.8 Å². The van der Waals surface area contributed by atoms with Crippen LogP contribution in [0.25, 0.3) is 10.9 Å². The number of H-pyrrole nitrogens is 1. The van der Waals surface area contributed by atoms with E-state index in [4.69, 9.17) is 17.2 Å². The summed E-state index contributed by atoms with van der Waals surface area (Å²) in [5.74, 6) is -5.18. The van der Waals surface area contributed by atoms with Gasteiger partial charge < -0.3 is 54.1 Å². The van der Waals surface area contributed by atoms with Gasteiger partial charge in [-0.2, -0.15) is 25.3 Å². The van der Waals surface area contributed by atoms with E-state index >= 15 is 0 Å². The molecule has 0 unspecified atom stereocenters. The smallest absolute Gasteiger partial charge is 0.243 e. The van der Waals surface area contributed by atoms with Crippen LogP contribution in [0.1, 0.15) is 30.9 Å². The van der Waals surface area contributed by atoms with Gasteiger partial charge in [0.2, 0.25) is 41.4 Å². The number of rotatable bonds is 22. The average Bonchev–Trinajstić information content (AvgIpc) is 3.58. The molecular formula is C36H49N11O7S2. The van der Waals surface area contributed by atoms with Crippen LogP contribution < -0.4 is 49.1 Å². The van der Waals surface area contributed by atoms with Gasteiger partial charge in [0.15, 0.2) is 5.96 Å². The van der Waals surface area contributed by atoms with Crippen LogP contribution in [0.3, 0.4) is 0 Å². The lowest BCUT2D eigenvalue weighted by atomic mass is 10.0. The van der Waals surface area contributed by atoms with Gasteiger partial charge in [-0.05, 0) is 30.0 Å². The van der Waals surface area contributed by atoms with Gasteiger partial charge in [-0.1, -0.05) is 48.5 Å². The van der Waals surface area contributed by atoms with E-state index in [0.717, 1.165) is 10.9 Å². The fraction of sp³-hybridized carbons (Fsp3) is 0.389. The number of nitrogens with two attached hydrogens (primary N) is 3. The van der Waals surface area contributed by atoms with Gasteiger partial charge >= 0.3 is 0 Å². The second kappa shape index (κ2) is 22.6. The van der Waals surface area contributed by atoms with Gasteiger partial charge in [0.05, 0.1) is 6.54 Å². The Morgan fingerprint density at radius 1 is 0.696 bits per heavy atom. The molecule has 0 aliphatic rings. The molecule has 302 valence electrons. The highest BCUT2D eigenvalue weighted by atomic mass is 32.1. The summed E-state index contributed by atoms with van der Waals surface area (Å²) < 4.78 is 0. The molecule has 0 saturated heterocycles. The second-order valence-electron chi connectivity index (χ2n) is 12.7. The number of hydrogen-bond acceptors (Lipinski definition) is 10. The molecule has 0 saturated carbocycles. The number of hydrogen-bond donors (Lipinski definition) is 12. The highest BCUT2D eigenvalue weighted by Gasteiger charge is 2.32. The Labute approximate surface area is 334 Å². The number of carbonyl (C=O) groups is 7. The van der Waals surface area contributed by atoms with Crippen molar-refractivity contribution >= 4 is 83.5 Å². The Bertz CT molecular complexity index is 1870. The van der Waals surface area contributed by atoms with Crippen molar-refractivity contribution in [3.63, 3.8) is 0 Å². The van der Waals surface area contributed by atoms with Gasteiger partial charge in [-0.25, -0.2) is 0 Å². The number of fused-ring (bicyclic) bond motifs is 1. The van der Waals surface area contributed by atoms with E-state index in [2.05, 4.69) is 67.1 Å². The van der Waals surface area contributed by atoms with Gasteiger partial charge in [0.1, 0.15) is 30.2 Å². The number of thiol groups is 2. The standard InChI is InChI=1S/C36H49N11O7S2/c1-20(48)43-29(19-56)32(51)42-17-30(49)44-26(14-21-8-3-2-4-9-21)34(53)45-25(12-7-13-40-36(38)39)33(52)46-27(35(54)47-28(18-55)31(37)50)15-22-16-41-24-11-6-5-10-23(22)24/h2-6,8-11,16,25-29,41,55-56H,7,12-15,17-19H2,1H3,(H2,37,50)(H,42,51)(H,43,48)(H,44,49)(H,45,53)(H,46,52)(H,47,54)(H4,38,39,40)/t25-,26-,27-,28-,29-/m0/s1. The first-order chi connectivity index (χ1) is 26.7. The molecule has 20 heteroatoms. The molecule has 1 heterocycles. The average molecular weight is 812 g/mol. The maximum atomic E-state index is 14.1. The van der Waals surface area contributed by atoms with Crippen LogP contribution >= 0.6 is 25.3 Å². The maximum Gasteiger partial charge on any atom is 0.243 e. The molecule has 2 aromatic carbocycles. The summed E-state index contributed by atoms with van der Waals surface area (Å²) in [6.45, 7) is 0.811. The number of nitrogens with zero attached hydrogens (tertiary/aromatic N) is 1. The van der Waals surface area contributed by atoms with E-state index < -0.39 is 78.1 Å². The Kier molecular flexibility index (Phi) is 18.0. The summed E-state index contributed by atoms with van der Waals surface area (Å²) in [6, 6.07) is 10.3. The number of aliphatic imine (C=N–C) groups is 1. The van der Waals surface area contributed by atoms with E-state index in [-0.39, 0.29) is 49.7 Å². The number of aromatic nitrogens is 1. The van der Waals surface area contributed by atoms with Crippen molar-refractivity contribution in [1.82, 2.24) is 36.9 Å². The van der Waals surface area contributed by atoms with Gasteiger partial charge in [-0.15, -0.1) is 0 Å². The molecule has 0 bridgehead atoms. The topological polar surface area (TPSA) is 298 Å². The monoisotopic (exact) mass is 811 g/mol. The van der Waals surface area contributed by atoms with Crippen LogP contribution in [0.5, 0.6) is 0 Å². The van der Waals surface area contributed by atoms with Crippen molar-refractivity contribution in [3.8, 4) is 0 Å². The molecule has 3 aromatic rings. The predicted octanol–water partition coefficient (Wildman–Crippen LogP) is -2.09. The predicted molar refractivity (Wildman–Crippen MR) is 217 cm³/mol. The van der Waals surface area contributed by atoms with Gasteiger partial charge in [0.25, 0.3) is 0 Å². The molecule has 13 N–H and O–H groups in total. The zero-order valence-electron chi connectivity index (χ0n) is 30.7. The van der Waals surface area contributed by atoms with Crippen LogP contribution in [0.4, 0.5) is 0 Å². The van der Waals surface area contributed by atoms with Gasteiger partial charge in [0, 0.05) is 54.9 Å². The number of amides is 7. The minimum Gasteiger partial charge on any atom is -0.370 e. The highest BCUT2D eigenvalue weighted by Crippen LogP contribution is 2.19. The fourth-order valence-electron chi connectivity index (χ4n) is 5.56. The van der Waals surface area contributed by atoms with E-state index in [1.165, 1.54) is 6.92 Å². The molecule has 3 rings (SSSR count). The zero-order valence-corrected chi connectivity index (χ0v) is 32.5. The lowest BCUT2D eigenvalue weighted by Crippen LogP contribution is -2.59. The van der Waals surface area contributed by atoms with Crippen molar-refractivity contribution in [2.24, 2.45) is 22.2 Å². The number of aromatic amines is 1. The molecule has 0 spiro atoms. The summed E-state index contributed by atoms with van der Waals surface area (Å²) in [5.41, 5.74) is 18.6. The first kappa shape index (κ1) is 44.6. The number of nitrogens with one attached hydrogen (secondary N) is 7. The number of guanidine groups is 1. The Balaban J connectivity index is 1.88. The van der Waals surface area contributed by atoms with Crippen molar-refractivity contribution in [2.45, 2.75) is 62.8 Å². The second-order valence-corrected chi connectivity index (χ2v) is 13.5. The first-order valence-corrected chi connectivity index (χ1v) is 18.9. The molecule has 0 radical (unpaired) electrons. The van der Waals surface area contributed by atoms with Crippen LogP contribution in [-0.4, -0.2) is 107 Å². The molecule has 1 aromatic heterocycles. The maximum absolute atomic E-state index is 14.1. The van der Waals surface area contributed by atoms with Crippen molar-refractivity contribution < 1.29 is 33.6 Å². The molecule has 7 amide bonds. The molecule has 18 nitrogen and oxygen atoms in total. The highest BCUT2D eigenvalue weighted by molar-refractivity contribution is 7.80. The zero-order chi connectivity index (χ0) is 41.2. The number of carbonyl (C=O) groups excluding carboxylic acids is 7. The van der Waals surface area contributed by atoms with E-state index in [1.807, 2.05) is 24.3 Å². The lowest BCUT2D eigenvalue weighted by molar-refractivity contribution is -0.134. The molecular weight excluding hydrogens is 763 g/mol. The van der Waals surface area contributed by atoms with Crippen molar-refractivity contribution in [3.05, 3.63) is 71.9 Å². The lowest BCUT2D eigenvalue weighted by Gasteiger charge is -2.26.